The zero-order chi connectivity index (χ0) is 25.9. The van der Waals surface area contributed by atoms with Crippen molar-refractivity contribution >= 4 is 40.1 Å². The Morgan fingerprint density at radius 3 is 2.65 bits per heavy atom. The first-order valence-electron chi connectivity index (χ1n) is 12.2. The minimum atomic E-state index is -0.433. The minimum Gasteiger partial charge on any atom is -0.497 e. The van der Waals surface area contributed by atoms with Crippen LogP contribution in [-0.2, 0) is 20.9 Å². The van der Waals surface area contributed by atoms with Crippen LogP contribution >= 0.6 is 0 Å². The Labute approximate surface area is 212 Å². The molecule has 0 spiro atoms. The van der Waals surface area contributed by atoms with Gasteiger partial charge in [0.15, 0.2) is 5.82 Å². The molecule has 1 fully saturated rings. The van der Waals surface area contributed by atoms with Crippen LogP contribution in [0.3, 0.4) is 0 Å². The number of nitrogens with one attached hydrogen (secondary N) is 1. The Hall–Kier alpha value is -4.41. The maximum atomic E-state index is 13.4. The Balaban J connectivity index is 1.46. The van der Waals surface area contributed by atoms with Crippen LogP contribution in [0.1, 0.15) is 19.8 Å². The van der Waals surface area contributed by atoms with Gasteiger partial charge in [0.2, 0.25) is 11.6 Å². The van der Waals surface area contributed by atoms with Crippen molar-refractivity contribution < 1.29 is 19.1 Å². The van der Waals surface area contributed by atoms with Gasteiger partial charge in [-0.1, -0.05) is 18.2 Å². The van der Waals surface area contributed by atoms with E-state index in [4.69, 9.17) is 14.5 Å². The highest BCUT2D eigenvalue weighted by molar-refractivity contribution is 5.91. The summed E-state index contributed by atoms with van der Waals surface area (Å²) in [5.74, 6) is 0.420. The number of hydrogen-bond donors (Lipinski definition) is 1. The molecule has 192 valence electrons. The van der Waals surface area contributed by atoms with E-state index < -0.39 is 11.6 Å². The molecule has 1 saturated heterocycles. The van der Waals surface area contributed by atoms with Crippen LogP contribution in [0.2, 0.25) is 0 Å². The third-order valence-electron chi connectivity index (χ3n) is 6.45. The van der Waals surface area contributed by atoms with Crippen LogP contribution in [0.25, 0.3) is 16.7 Å². The van der Waals surface area contributed by atoms with E-state index in [2.05, 4.69) is 10.4 Å². The van der Waals surface area contributed by atoms with Crippen molar-refractivity contribution in [3.8, 4) is 5.75 Å². The number of piperidine rings is 1. The van der Waals surface area contributed by atoms with E-state index in [-0.39, 0.29) is 18.4 Å². The fourth-order valence-corrected chi connectivity index (χ4v) is 4.62. The summed E-state index contributed by atoms with van der Waals surface area (Å²) in [7, 11) is 1.55. The van der Waals surface area contributed by atoms with Gasteiger partial charge in [0, 0.05) is 24.8 Å². The number of methoxy groups -OCH3 is 1. The van der Waals surface area contributed by atoms with Gasteiger partial charge in [-0.15, -0.1) is 5.10 Å². The number of carbonyl (C=O) groups excluding carboxylic acids is 2. The average molecular weight is 505 g/mol. The van der Waals surface area contributed by atoms with E-state index in [1.807, 2.05) is 23.1 Å². The summed E-state index contributed by atoms with van der Waals surface area (Å²) in [5, 5.41) is 7.30. The van der Waals surface area contributed by atoms with Crippen molar-refractivity contribution in [2.45, 2.75) is 26.3 Å². The van der Waals surface area contributed by atoms with Gasteiger partial charge >= 0.3 is 11.7 Å². The quantitative estimate of drug-likeness (QED) is 0.381. The van der Waals surface area contributed by atoms with Crippen LogP contribution in [0, 0.1) is 5.92 Å². The summed E-state index contributed by atoms with van der Waals surface area (Å²) < 4.78 is 13.0. The predicted molar refractivity (Wildman–Crippen MR) is 138 cm³/mol. The van der Waals surface area contributed by atoms with Crippen LogP contribution in [0.15, 0.2) is 53.3 Å². The molecule has 11 heteroatoms. The van der Waals surface area contributed by atoms with E-state index in [0.717, 1.165) is 4.68 Å². The Morgan fingerprint density at radius 2 is 1.89 bits per heavy atom. The lowest BCUT2D eigenvalue weighted by molar-refractivity contribution is -0.148. The van der Waals surface area contributed by atoms with E-state index in [0.29, 0.717) is 66.5 Å². The van der Waals surface area contributed by atoms with Crippen molar-refractivity contribution in [2.24, 2.45) is 5.92 Å². The zero-order valence-corrected chi connectivity index (χ0v) is 20.7. The largest absolute Gasteiger partial charge is 0.497 e. The SMILES string of the molecule is CCOC(=O)C1CCN(c2nc3ccccc3n3c(=O)n(CC(=O)Nc4cccc(OC)c4)nc23)CC1. The fraction of sp³-hybridized carbons (Fsp3) is 0.346. The number of rotatable bonds is 7. The summed E-state index contributed by atoms with van der Waals surface area (Å²) in [6, 6.07) is 14.3. The van der Waals surface area contributed by atoms with Gasteiger partial charge in [0.1, 0.15) is 12.3 Å². The summed E-state index contributed by atoms with van der Waals surface area (Å²) >= 11 is 0. The third kappa shape index (κ3) is 4.84. The molecular formula is C26H28N6O5. The fourth-order valence-electron chi connectivity index (χ4n) is 4.62. The van der Waals surface area contributed by atoms with Crippen molar-refractivity contribution in [2.75, 3.05) is 37.0 Å². The summed E-state index contributed by atoms with van der Waals surface area (Å²) in [6.45, 7) is 3.03. The van der Waals surface area contributed by atoms with E-state index in [1.165, 1.54) is 4.40 Å². The molecule has 3 heterocycles. The first-order chi connectivity index (χ1) is 18.0. The highest BCUT2D eigenvalue weighted by atomic mass is 16.5. The van der Waals surface area contributed by atoms with Gasteiger partial charge in [-0.2, -0.15) is 0 Å². The molecule has 0 aliphatic carbocycles. The summed E-state index contributed by atoms with van der Waals surface area (Å²) in [6.07, 6.45) is 1.24. The molecule has 2 aromatic heterocycles. The first kappa shape index (κ1) is 24.3. The number of benzene rings is 2. The Kier molecular flexibility index (Phi) is 6.76. The molecule has 0 unspecified atom stereocenters. The van der Waals surface area contributed by atoms with Crippen molar-refractivity contribution in [1.29, 1.82) is 0 Å². The average Bonchev–Trinajstić information content (AvgIpc) is 3.24. The highest BCUT2D eigenvalue weighted by Crippen LogP contribution is 2.27. The van der Waals surface area contributed by atoms with Crippen LogP contribution in [0.5, 0.6) is 5.75 Å². The smallest absolute Gasteiger partial charge is 0.351 e. The van der Waals surface area contributed by atoms with Crippen molar-refractivity contribution in [3.63, 3.8) is 0 Å². The van der Waals surface area contributed by atoms with Gasteiger partial charge in [0.05, 0.1) is 30.7 Å². The summed E-state index contributed by atoms with van der Waals surface area (Å²) in [5.41, 5.74) is 1.73. The van der Waals surface area contributed by atoms with Crippen molar-refractivity contribution in [3.05, 3.63) is 59.0 Å². The van der Waals surface area contributed by atoms with Crippen LogP contribution < -0.4 is 20.6 Å². The van der Waals surface area contributed by atoms with E-state index >= 15 is 0 Å². The maximum Gasteiger partial charge on any atom is 0.351 e. The van der Waals surface area contributed by atoms with E-state index in [1.54, 1.807) is 44.4 Å². The van der Waals surface area contributed by atoms with Crippen molar-refractivity contribution in [1.82, 2.24) is 19.2 Å². The van der Waals surface area contributed by atoms with Gasteiger partial charge in [-0.25, -0.2) is 18.9 Å². The molecule has 4 aromatic rings. The van der Waals surface area contributed by atoms with Crippen LogP contribution in [0.4, 0.5) is 11.5 Å². The third-order valence-corrected chi connectivity index (χ3v) is 6.45. The van der Waals surface area contributed by atoms with Gasteiger partial charge < -0.3 is 19.7 Å². The number of nitrogens with zero attached hydrogens (tertiary/aromatic N) is 5. The number of esters is 1. The Morgan fingerprint density at radius 1 is 1.11 bits per heavy atom. The molecule has 0 radical (unpaired) electrons. The summed E-state index contributed by atoms with van der Waals surface area (Å²) in [4.78, 5) is 45.2. The maximum absolute atomic E-state index is 13.4. The standard InChI is InChI=1S/C26H28N6O5/c1-3-37-25(34)17-11-13-30(14-12-17)23-24-29-31(16-22(33)27-18-7-6-8-19(15-18)36-2)26(35)32(24)21-10-5-4-9-20(21)28-23/h4-10,15,17H,3,11-14,16H2,1-2H3,(H,27,33). The first-order valence-corrected chi connectivity index (χ1v) is 12.2. The molecule has 2 aromatic carbocycles. The second-order valence-electron chi connectivity index (χ2n) is 8.82. The molecule has 0 saturated carbocycles. The molecule has 0 atom stereocenters. The highest BCUT2D eigenvalue weighted by Gasteiger charge is 2.29. The molecule has 1 aliphatic heterocycles. The Bertz CT molecular complexity index is 1520. The number of anilines is 2. The van der Waals surface area contributed by atoms with E-state index in [9.17, 15) is 14.4 Å². The topological polar surface area (TPSA) is 120 Å². The molecule has 11 nitrogen and oxygen atoms in total. The molecule has 1 N–H and O–H groups in total. The number of hydrogen-bond acceptors (Lipinski definition) is 8. The molecule has 37 heavy (non-hydrogen) atoms. The molecular weight excluding hydrogens is 476 g/mol. The number of aromatic nitrogens is 4. The minimum absolute atomic E-state index is 0.160. The van der Waals surface area contributed by atoms with Gasteiger partial charge in [0.25, 0.3) is 0 Å². The number of fused-ring (bicyclic) bond motifs is 3. The lowest BCUT2D eigenvalue weighted by Gasteiger charge is -2.31. The van der Waals surface area contributed by atoms with Gasteiger partial charge in [-0.3, -0.25) is 9.59 Å². The monoisotopic (exact) mass is 504 g/mol. The predicted octanol–water partition coefficient (Wildman–Crippen LogP) is 2.47. The lowest BCUT2D eigenvalue weighted by Crippen LogP contribution is -2.37. The normalized spacial score (nSPS) is 14.2. The number of amides is 1. The number of carbonyl (C=O) groups is 2. The second kappa shape index (κ2) is 10.3. The number of para-hydroxylation sites is 2. The lowest BCUT2D eigenvalue weighted by atomic mass is 9.97. The van der Waals surface area contributed by atoms with Crippen LogP contribution in [-0.4, -0.2) is 57.8 Å². The second-order valence-corrected chi connectivity index (χ2v) is 8.82. The molecule has 0 bridgehead atoms. The number of ether oxygens (including phenoxy) is 2. The molecule has 1 amide bonds. The molecule has 5 rings (SSSR count). The molecule has 1 aliphatic rings. The zero-order valence-electron chi connectivity index (χ0n) is 20.7. The van der Waals surface area contributed by atoms with Gasteiger partial charge in [-0.05, 0) is 44.0 Å².